The van der Waals surface area contributed by atoms with Crippen LogP contribution < -0.4 is 4.74 Å². The maximum Gasteiger partial charge on any atom is 0.261 e. The number of fused-ring (bicyclic) bond motifs is 1. The van der Waals surface area contributed by atoms with Crippen molar-refractivity contribution in [1.82, 2.24) is 9.80 Å². The summed E-state index contributed by atoms with van der Waals surface area (Å²) in [5.74, 6) is 0.528. The molecule has 0 N–H and O–H groups in total. The number of benzene rings is 2. The number of aryl methyl sites for hydroxylation is 1. The number of para-hydroxylation sites is 1. The Hall–Kier alpha value is -3.12. The van der Waals surface area contributed by atoms with E-state index in [4.69, 9.17) is 4.74 Å². The first kappa shape index (κ1) is 21.7. The number of carbonyl (C=O) groups is 2. The number of hydrogen-bond donors (Lipinski definition) is 0. The highest BCUT2D eigenvalue weighted by Crippen LogP contribution is 2.38. The van der Waals surface area contributed by atoms with Crippen LogP contribution in [-0.4, -0.2) is 47.4 Å². The van der Waals surface area contributed by atoms with Crippen molar-refractivity contribution < 1.29 is 14.3 Å². The molecule has 2 aliphatic rings. The number of rotatable bonds is 7. The van der Waals surface area contributed by atoms with E-state index >= 15 is 0 Å². The Bertz CT molecular complexity index is 1120. The van der Waals surface area contributed by atoms with Gasteiger partial charge < -0.3 is 14.5 Å². The molecule has 2 aromatic carbocycles. The van der Waals surface area contributed by atoms with Crippen LogP contribution in [-0.2, 0) is 16.0 Å². The Morgan fingerprint density at radius 2 is 1.82 bits per heavy atom. The van der Waals surface area contributed by atoms with Crippen LogP contribution in [0.3, 0.4) is 0 Å². The monoisotopic (exact) mass is 460 g/mol. The van der Waals surface area contributed by atoms with Crippen LogP contribution in [0.4, 0.5) is 0 Å². The molecule has 5 rings (SSSR count). The molecule has 1 aromatic heterocycles. The fourth-order valence-electron chi connectivity index (χ4n) is 4.48. The molecule has 0 radical (unpaired) electrons. The molecule has 1 unspecified atom stereocenters. The molecule has 0 saturated heterocycles. The molecule has 1 fully saturated rings. The lowest BCUT2D eigenvalue weighted by atomic mass is 9.92. The van der Waals surface area contributed by atoms with Gasteiger partial charge in [-0.3, -0.25) is 9.59 Å². The topological polar surface area (TPSA) is 49.9 Å². The second-order valence-electron chi connectivity index (χ2n) is 8.80. The molecule has 0 spiro atoms. The van der Waals surface area contributed by atoms with E-state index in [0.29, 0.717) is 12.3 Å². The normalized spacial score (nSPS) is 17.4. The fourth-order valence-corrected chi connectivity index (χ4v) is 5.39. The minimum absolute atomic E-state index is 0.00242. The molecule has 3 aromatic rings. The van der Waals surface area contributed by atoms with E-state index < -0.39 is 0 Å². The predicted octanol–water partition coefficient (Wildman–Crippen LogP) is 4.60. The van der Waals surface area contributed by atoms with Crippen molar-refractivity contribution in [3.63, 3.8) is 0 Å². The minimum Gasteiger partial charge on any atom is -0.484 e. The molecule has 2 heterocycles. The van der Waals surface area contributed by atoms with Gasteiger partial charge in [-0.25, -0.2) is 0 Å². The lowest BCUT2D eigenvalue weighted by Gasteiger charge is -2.37. The minimum atomic E-state index is -0.130. The lowest BCUT2D eigenvalue weighted by molar-refractivity contribution is -0.143. The number of amides is 2. The van der Waals surface area contributed by atoms with E-state index in [1.165, 1.54) is 16.0 Å². The fraction of sp³-hybridized carbons (Fsp3) is 0.333. The van der Waals surface area contributed by atoms with E-state index in [0.717, 1.165) is 24.8 Å². The summed E-state index contributed by atoms with van der Waals surface area (Å²) in [4.78, 5) is 31.6. The standard InChI is InChI=1S/C27H28N2O3S/c1-19-7-9-20(10-8-19)27-23-14-16-33-24(23)13-15-28(27)25(30)17-29(21-11-12-21)26(31)18-32-22-5-3-2-4-6-22/h2-10,14,16,21,27H,11-13,15,17-18H2,1H3. The van der Waals surface area contributed by atoms with Crippen molar-refractivity contribution in [1.29, 1.82) is 0 Å². The van der Waals surface area contributed by atoms with Gasteiger partial charge in [-0.05, 0) is 60.9 Å². The van der Waals surface area contributed by atoms with Gasteiger partial charge in [0.25, 0.3) is 5.91 Å². The van der Waals surface area contributed by atoms with E-state index in [2.05, 4.69) is 42.6 Å². The molecular formula is C27H28N2O3S. The van der Waals surface area contributed by atoms with Crippen LogP contribution in [0.5, 0.6) is 5.75 Å². The number of carbonyl (C=O) groups excluding carboxylic acids is 2. The molecule has 2 amide bonds. The van der Waals surface area contributed by atoms with E-state index in [1.54, 1.807) is 16.2 Å². The van der Waals surface area contributed by atoms with Crippen molar-refractivity contribution in [3.05, 3.63) is 87.6 Å². The Balaban J connectivity index is 1.33. The second kappa shape index (κ2) is 9.40. The van der Waals surface area contributed by atoms with Gasteiger partial charge in [-0.2, -0.15) is 0 Å². The molecule has 0 bridgehead atoms. The Labute approximate surface area is 198 Å². The van der Waals surface area contributed by atoms with Gasteiger partial charge in [0, 0.05) is 17.5 Å². The molecule has 1 atom stereocenters. The van der Waals surface area contributed by atoms with Crippen molar-refractivity contribution in [2.24, 2.45) is 0 Å². The van der Waals surface area contributed by atoms with Gasteiger partial charge in [0.15, 0.2) is 6.61 Å². The lowest BCUT2D eigenvalue weighted by Crippen LogP contribution is -2.48. The van der Waals surface area contributed by atoms with Crippen molar-refractivity contribution in [2.75, 3.05) is 19.7 Å². The van der Waals surface area contributed by atoms with Gasteiger partial charge in [0.2, 0.25) is 5.91 Å². The van der Waals surface area contributed by atoms with Gasteiger partial charge in [-0.15, -0.1) is 11.3 Å². The van der Waals surface area contributed by atoms with Gasteiger partial charge >= 0.3 is 0 Å². The number of nitrogens with zero attached hydrogens (tertiary/aromatic N) is 2. The third-order valence-electron chi connectivity index (χ3n) is 6.40. The summed E-state index contributed by atoms with van der Waals surface area (Å²) in [7, 11) is 0. The molecule has 5 nitrogen and oxygen atoms in total. The summed E-state index contributed by atoms with van der Waals surface area (Å²) >= 11 is 1.76. The van der Waals surface area contributed by atoms with Crippen LogP contribution in [0, 0.1) is 6.92 Å². The molecular weight excluding hydrogens is 432 g/mol. The summed E-state index contributed by atoms with van der Waals surface area (Å²) in [6, 6.07) is 19.9. The zero-order chi connectivity index (χ0) is 22.8. The van der Waals surface area contributed by atoms with E-state index in [1.807, 2.05) is 35.2 Å². The average Bonchev–Trinajstić information content (AvgIpc) is 3.57. The van der Waals surface area contributed by atoms with Crippen molar-refractivity contribution in [3.8, 4) is 5.75 Å². The molecule has 1 aliphatic heterocycles. The molecule has 1 aliphatic carbocycles. The SMILES string of the molecule is Cc1ccc(C2c3ccsc3CCN2C(=O)CN(C(=O)COc2ccccc2)C2CC2)cc1. The van der Waals surface area contributed by atoms with Crippen LogP contribution in [0.2, 0.25) is 0 Å². The van der Waals surface area contributed by atoms with Crippen LogP contribution >= 0.6 is 11.3 Å². The maximum absolute atomic E-state index is 13.6. The zero-order valence-corrected chi connectivity index (χ0v) is 19.6. The van der Waals surface area contributed by atoms with Crippen LogP contribution in [0.1, 0.15) is 40.5 Å². The summed E-state index contributed by atoms with van der Waals surface area (Å²) in [5, 5.41) is 2.11. The number of ether oxygens (including phenoxy) is 1. The number of hydrogen-bond acceptors (Lipinski definition) is 4. The first-order valence-corrected chi connectivity index (χ1v) is 12.4. The highest BCUT2D eigenvalue weighted by Gasteiger charge is 2.38. The predicted molar refractivity (Wildman–Crippen MR) is 129 cm³/mol. The highest BCUT2D eigenvalue weighted by atomic mass is 32.1. The average molecular weight is 461 g/mol. The van der Waals surface area contributed by atoms with Crippen molar-refractivity contribution >= 4 is 23.2 Å². The molecule has 33 heavy (non-hydrogen) atoms. The largest absolute Gasteiger partial charge is 0.484 e. The summed E-state index contributed by atoms with van der Waals surface area (Å²) in [6.07, 6.45) is 2.75. The van der Waals surface area contributed by atoms with Gasteiger partial charge in [-0.1, -0.05) is 48.0 Å². The summed E-state index contributed by atoms with van der Waals surface area (Å²) in [5.41, 5.74) is 3.52. The Morgan fingerprint density at radius 3 is 2.55 bits per heavy atom. The summed E-state index contributed by atoms with van der Waals surface area (Å²) in [6.45, 7) is 2.78. The Morgan fingerprint density at radius 1 is 1.06 bits per heavy atom. The van der Waals surface area contributed by atoms with Gasteiger partial charge in [0.1, 0.15) is 12.3 Å². The number of thiophene rings is 1. The quantitative estimate of drug-likeness (QED) is 0.518. The third kappa shape index (κ3) is 4.81. The van der Waals surface area contributed by atoms with Crippen molar-refractivity contribution in [2.45, 2.75) is 38.3 Å². The summed E-state index contributed by atoms with van der Waals surface area (Å²) < 4.78 is 5.68. The molecule has 1 saturated carbocycles. The molecule has 170 valence electrons. The van der Waals surface area contributed by atoms with E-state index in [9.17, 15) is 9.59 Å². The highest BCUT2D eigenvalue weighted by molar-refractivity contribution is 7.10. The molecule has 6 heteroatoms. The smallest absolute Gasteiger partial charge is 0.261 e. The van der Waals surface area contributed by atoms with Crippen LogP contribution in [0.25, 0.3) is 0 Å². The maximum atomic E-state index is 13.6. The Kier molecular flexibility index (Phi) is 6.18. The third-order valence-corrected chi connectivity index (χ3v) is 7.39. The van der Waals surface area contributed by atoms with Gasteiger partial charge in [0.05, 0.1) is 6.04 Å². The first-order valence-electron chi connectivity index (χ1n) is 11.5. The van der Waals surface area contributed by atoms with E-state index in [-0.39, 0.29) is 37.0 Å². The second-order valence-corrected chi connectivity index (χ2v) is 9.80. The first-order chi connectivity index (χ1) is 16.1. The van der Waals surface area contributed by atoms with Crippen LogP contribution in [0.15, 0.2) is 66.0 Å². The zero-order valence-electron chi connectivity index (χ0n) is 18.8.